The third-order valence-electron chi connectivity index (χ3n) is 3.40. The second-order valence-corrected chi connectivity index (χ2v) is 6.41. The Morgan fingerprint density at radius 3 is 2.48 bits per heavy atom. The lowest BCUT2D eigenvalue weighted by atomic mass is 10.4. The number of nitrogens with one attached hydrogen (secondary N) is 1. The number of carbonyl (C=O) groups excluding carboxylic acids is 4. The lowest BCUT2D eigenvalue weighted by molar-refractivity contribution is -0.143. The molecular weight excluding hydrogens is 342 g/mol. The van der Waals surface area contributed by atoms with Crippen molar-refractivity contribution in [1.29, 1.82) is 0 Å². The van der Waals surface area contributed by atoms with E-state index in [-0.39, 0.29) is 6.54 Å². The quantitative estimate of drug-likeness (QED) is 0.235. The maximum absolute atomic E-state index is 12.0. The molecule has 132 valence electrons. The Balaban J connectivity index is 1.71. The summed E-state index contributed by atoms with van der Waals surface area (Å²) in [5.41, 5.74) is 0. The molecule has 1 saturated heterocycles. The fourth-order valence-electron chi connectivity index (χ4n) is 2.19. The van der Waals surface area contributed by atoms with Gasteiger partial charge in [-0.25, -0.2) is 9.69 Å². The van der Waals surface area contributed by atoms with Crippen LogP contribution in [0.5, 0.6) is 0 Å². The fraction of sp³-hybridized carbons (Fsp3) is 0.294. The Morgan fingerprint density at radius 2 is 1.80 bits per heavy atom. The molecule has 7 nitrogen and oxygen atoms in total. The molecule has 0 saturated carbocycles. The van der Waals surface area contributed by atoms with Crippen molar-refractivity contribution in [3.05, 3.63) is 43.0 Å². The van der Waals surface area contributed by atoms with Gasteiger partial charge in [-0.15, -0.1) is 18.3 Å². The second kappa shape index (κ2) is 9.03. The minimum absolute atomic E-state index is 0.0573. The summed E-state index contributed by atoms with van der Waals surface area (Å²) in [6.45, 7) is 3.34. The molecule has 8 heteroatoms. The van der Waals surface area contributed by atoms with E-state index in [1.165, 1.54) is 6.08 Å². The average molecular weight is 361 g/mol. The molecule has 0 atom stereocenters. The van der Waals surface area contributed by atoms with Crippen LogP contribution < -0.4 is 5.32 Å². The zero-order chi connectivity index (χ0) is 18.2. The average Bonchev–Trinajstić information content (AvgIpc) is 2.81. The van der Waals surface area contributed by atoms with E-state index in [4.69, 9.17) is 0 Å². The standard InChI is InChI=1S/C17H19N3O4S/c1-2-10-19-15(22)16(23)20(17(19)24)12-14(21)18-9-6-11-25-13-7-4-3-5-8-13/h2-5,7-8H,1,6,9-12H2,(H,18,21). The van der Waals surface area contributed by atoms with E-state index in [0.717, 1.165) is 22.0 Å². The van der Waals surface area contributed by atoms with Crippen molar-refractivity contribution in [2.45, 2.75) is 11.3 Å². The predicted molar refractivity (Wildman–Crippen MR) is 93.8 cm³/mol. The summed E-state index contributed by atoms with van der Waals surface area (Å²) >= 11 is 1.68. The van der Waals surface area contributed by atoms with Gasteiger partial charge in [-0.05, 0) is 24.3 Å². The van der Waals surface area contributed by atoms with E-state index in [9.17, 15) is 19.2 Å². The van der Waals surface area contributed by atoms with Gasteiger partial charge < -0.3 is 5.32 Å². The summed E-state index contributed by atoms with van der Waals surface area (Å²) in [5, 5.41) is 2.65. The molecule has 0 spiro atoms. The molecule has 1 aliphatic rings. The van der Waals surface area contributed by atoms with Crippen LogP contribution in [0.4, 0.5) is 4.79 Å². The van der Waals surface area contributed by atoms with Gasteiger partial charge in [-0.3, -0.25) is 19.3 Å². The molecule has 1 fully saturated rings. The zero-order valence-corrected chi connectivity index (χ0v) is 14.5. The number of rotatable bonds is 9. The Hall–Kier alpha value is -2.61. The molecule has 1 heterocycles. The molecule has 1 aromatic rings. The van der Waals surface area contributed by atoms with Crippen molar-refractivity contribution < 1.29 is 19.2 Å². The first kappa shape index (κ1) is 18.7. The number of nitrogens with zero attached hydrogens (tertiary/aromatic N) is 2. The van der Waals surface area contributed by atoms with Crippen molar-refractivity contribution in [1.82, 2.24) is 15.1 Å². The van der Waals surface area contributed by atoms with E-state index < -0.39 is 30.3 Å². The van der Waals surface area contributed by atoms with Crippen LogP contribution in [0.3, 0.4) is 0 Å². The van der Waals surface area contributed by atoms with E-state index in [0.29, 0.717) is 11.4 Å². The molecule has 2 rings (SSSR count). The maximum Gasteiger partial charge on any atom is 0.335 e. The smallest absolute Gasteiger partial charge is 0.335 e. The molecule has 1 aliphatic heterocycles. The normalized spacial score (nSPS) is 14.2. The number of benzene rings is 1. The number of thioether (sulfide) groups is 1. The van der Waals surface area contributed by atoms with E-state index in [1.54, 1.807) is 11.8 Å². The number of carbonyl (C=O) groups is 4. The summed E-state index contributed by atoms with van der Waals surface area (Å²) in [6.07, 6.45) is 2.09. The molecule has 0 radical (unpaired) electrons. The van der Waals surface area contributed by atoms with Crippen molar-refractivity contribution in [3.63, 3.8) is 0 Å². The van der Waals surface area contributed by atoms with E-state index in [2.05, 4.69) is 11.9 Å². The van der Waals surface area contributed by atoms with Crippen LogP contribution in [-0.4, -0.2) is 58.9 Å². The van der Waals surface area contributed by atoms with Crippen molar-refractivity contribution >= 4 is 35.5 Å². The van der Waals surface area contributed by atoms with Crippen LogP contribution >= 0.6 is 11.8 Å². The van der Waals surface area contributed by atoms with Gasteiger partial charge >= 0.3 is 17.8 Å². The monoisotopic (exact) mass is 361 g/mol. The van der Waals surface area contributed by atoms with Crippen molar-refractivity contribution in [2.24, 2.45) is 0 Å². The molecule has 0 aromatic heterocycles. The van der Waals surface area contributed by atoms with Crippen LogP contribution in [0, 0.1) is 0 Å². The summed E-state index contributed by atoms with van der Waals surface area (Å²) < 4.78 is 0. The van der Waals surface area contributed by atoms with Crippen LogP contribution in [0.25, 0.3) is 0 Å². The first-order valence-corrected chi connectivity index (χ1v) is 8.76. The highest BCUT2D eigenvalue weighted by atomic mass is 32.2. The van der Waals surface area contributed by atoms with Gasteiger partial charge in [0.2, 0.25) is 5.91 Å². The minimum Gasteiger partial charge on any atom is -0.355 e. The molecule has 25 heavy (non-hydrogen) atoms. The Kier molecular flexibility index (Phi) is 6.76. The summed E-state index contributed by atoms with van der Waals surface area (Å²) in [4.78, 5) is 49.8. The van der Waals surface area contributed by atoms with E-state index >= 15 is 0 Å². The van der Waals surface area contributed by atoms with Crippen LogP contribution in [0.15, 0.2) is 47.9 Å². The van der Waals surface area contributed by atoms with Crippen LogP contribution in [-0.2, 0) is 14.4 Å². The van der Waals surface area contributed by atoms with Gasteiger partial charge in [0, 0.05) is 18.0 Å². The summed E-state index contributed by atoms with van der Waals surface area (Å²) in [7, 11) is 0. The van der Waals surface area contributed by atoms with Crippen molar-refractivity contribution in [2.75, 3.05) is 25.4 Å². The predicted octanol–water partition coefficient (Wildman–Crippen LogP) is 1.26. The first-order valence-electron chi connectivity index (χ1n) is 7.77. The number of imide groups is 2. The SMILES string of the molecule is C=CCN1C(=O)C(=O)N(CC(=O)NCCCSc2ccccc2)C1=O. The highest BCUT2D eigenvalue weighted by Gasteiger charge is 2.44. The van der Waals surface area contributed by atoms with E-state index in [1.807, 2.05) is 30.3 Å². The Bertz CT molecular complexity index is 678. The highest BCUT2D eigenvalue weighted by molar-refractivity contribution is 7.99. The molecule has 0 unspecified atom stereocenters. The van der Waals surface area contributed by atoms with Gasteiger partial charge in [0.1, 0.15) is 6.54 Å². The fourth-order valence-corrected chi connectivity index (χ4v) is 3.06. The van der Waals surface area contributed by atoms with Gasteiger partial charge in [0.25, 0.3) is 0 Å². The Morgan fingerprint density at radius 1 is 1.12 bits per heavy atom. The van der Waals surface area contributed by atoms with Gasteiger partial charge in [0.15, 0.2) is 0 Å². The number of urea groups is 1. The lowest BCUT2D eigenvalue weighted by Crippen LogP contribution is -2.41. The topological polar surface area (TPSA) is 86.8 Å². The lowest BCUT2D eigenvalue weighted by Gasteiger charge is -2.14. The Labute approximate surface area is 150 Å². The molecule has 1 N–H and O–H groups in total. The molecule has 0 aliphatic carbocycles. The second-order valence-electron chi connectivity index (χ2n) is 5.24. The van der Waals surface area contributed by atoms with Gasteiger partial charge in [-0.2, -0.15) is 0 Å². The third kappa shape index (κ3) is 4.93. The van der Waals surface area contributed by atoms with Gasteiger partial charge in [-0.1, -0.05) is 24.3 Å². The molecule has 5 amide bonds. The number of amides is 5. The summed E-state index contributed by atoms with van der Waals surface area (Å²) in [6, 6.07) is 9.12. The maximum atomic E-state index is 12.0. The largest absolute Gasteiger partial charge is 0.355 e. The molecule has 1 aromatic carbocycles. The van der Waals surface area contributed by atoms with Crippen molar-refractivity contribution in [3.8, 4) is 0 Å². The summed E-state index contributed by atoms with van der Waals surface area (Å²) in [5.74, 6) is -1.56. The van der Waals surface area contributed by atoms with Crippen LogP contribution in [0.2, 0.25) is 0 Å². The third-order valence-corrected chi connectivity index (χ3v) is 4.50. The molecule has 0 bridgehead atoms. The zero-order valence-electron chi connectivity index (χ0n) is 13.6. The number of hydrogen-bond donors (Lipinski definition) is 1. The van der Waals surface area contributed by atoms with Crippen LogP contribution in [0.1, 0.15) is 6.42 Å². The van der Waals surface area contributed by atoms with Gasteiger partial charge in [0.05, 0.1) is 0 Å². The first-order chi connectivity index (χ1) is 12.0. The minimum atomic E-state index is -0.985. The molecular formula is C17H19N3O4S. The highest BCUT2D eigenvalue weighted by Crippen LogP contribution is 2.17. The number of hydrogen-bond acceptors (Lipinski definition) is 5.